The van der Waals surface area contributed by atoms with Crippen LogP contribution in [0.4, 0.5) is 8.78 Å². The summed E-state index contributed by atoms with van der Waals surface area (Å²) in [6.07, 6.45) is -0.119. The van der Waals surface area contributed by atoms with Gasteiger partial charge < -0.3 is 14.7 Å². The zero-order chi connectivity index (χ0) is 17.7. The van der Waals surface area contributed by atoms with Crippen LogP contribution in [0.3, 0.4) is 0 Å². The topological polar surface area (TPSA) is 66.8 Å². The van der Waals surface area contributed by atoms with Crippen molar-refractivity contribution in [3.05, 3.63) is 41.3 Å². The molecule has 0 fully saturated rings. The highest BCUT2D eigenvalue weighted by Crippen LogP contribution is 2.30. The Bertz CT molecular complexity index is 715. The zero-order valence-electron chi connectivity index (χ0n) is 12.7. The molecule has 0 aliphatic rings. The smallest absolute Gasteiger partial charge is 0.387 e. The minimum absolute atomic E-state index is 0.0648. The molecule has 0 saturated heterocycles. The fourth-order valence-corrected chi connectivity index (χ4v) is 2.97. The van der Waals surface area contributed by atoms with E-state index < -0.39 is 12.6 Å². The summed E-state index contributed by atoms with van der Waals surface area (Å²) in [5.74, 6) is -1.16. The van der Waals surface area contributed by atoms with E-state index >= 15 is 0 Å². The Morgan fingerprint density at radius 1 is 1.21 bits per heavy atom. The van der Waals surface area contributed by atoms with Crippen LogP contribution >= 0.6 is 11.3 Å². The zero-order valence-corrected chi connectivity index (χ0v) is 13.6. The number of hydrogen-bond donors (Lipinski definition) is 1. The fraction of sp³-hybridized carbons (Fsp3) is 0.250. The molecular formula is C16H15F2NO4S. The van der Waals surface area contributed by atoms with Crippen LogP contribution in [0.15, 0.2) is 36.4 Å². The van der Waals surface area contributed by atoms with Crippen molar-refractivity contribution in [3.63, 3.8) is 0 Å². The molecule has 1 N–H and O–H groups in total. The highest BCUT2D eigenvalue weighted by molar-refractivity contribution is 7.17. The predicted molar refractivity (Wildman–Crippen MR) is 85.6 cm³/mol. The predicted octanol–water partition coefficient (Wildman–Crippen LogP) is 3.56. The van der Waals surface area contributed by atoms with Crippen molar-refractivity contribution in [1.29, 1.82) is 0 Å². The normalized spacial score (nSPS) is 10.7. The molecule has 1 aromatic heterocycles. The van der Waals surface area contributed by atoms with E-state index in [1.165, 1.54) is 28.4 Å². The lowest BCUT2D eigenvalue weighted by molar-refractivity contribution is -0.137. The van der Waals surface area contributed by atoms with Gasteiger partial charge >= 0.3 is 12.6 Å². The first-order valence-electron chi connectivity index (χ1n) is 6.99. The van der Waals surface area contributed by atoms with Crippen molar-refractivity contribution in [2.45, 2.75) is 13.0 Å². The fourth-order valence-electron chi connectivity index (χ4n) is 1.96. The third-order valence-electron chi connectivity index (χ3n) is 3.19. The Morgan fingerprint density at radius 2 is 1.88 bits per heavy atom. The van der Waals surface area contributed by atoms with E-state index in [4.69, 9.17) is 5.11 Å². The molecule has 0 aliphatic carbocycles. The summed E-state index contributed by atoms with van der Waals surface area (Å²) in [4.78, 5) is 25.4. The van der Waals surface area contributed by atoms with Gasteiger partial charge in [0.2, 0.25) is 0 Å². The van der Waals surface area contributed by atoms with E-state index in [0.717, 1.165) is 10.4 Å². The van der Waals surface area contributed by atoms with Gasteiger partial charge in [0.1, 0.15) is 5.75 Å². The van der Waals surface area contributed by atoms with Gasteiger partial charge in [0.15, 0.2) is 0 Å². The van der Waals surface area contributed by atoms with E-state index in [2.05, 4.69) is 4.74 Å². The minimum Gasteiger partial charge on any atom is -0.481 e. The van der Waals surface area contributed by atoms with E-state index in [1.807, 2.05) is 0 Å². The number of amides is 1. The van der Waals surface area contributed by atoms with E-state index in [-0.39, 0.29) is 24.6 Å². The molecule has 0 unspecified atom stereocenters. The Labute approximate surface area is 141 Å². The van der Waals surface area contributed by atoms with Crippen LogP contribution in [0, 0.1) is 0 Å². The molecule has 24 heavy (non-hydrogen) atoms. The quantitative estimate of drug-likeness (QED) is 0.825. The molecule has 1 amide bonds. The van der Waals surface area contributed by atoms with Gasteiger partial charge in [-0.15, -0.1) is 11.3 Å². The maximum Gasteiger partial charge on any atom is 0.387 e. The lowest BCUT2D eigenvalue weighted by Gasteiger charge is -2.14. The number of alkyl halides is 2. The van der Waals surface area contributed by atoms with Gasteiger partial charge in [-0.25, -0.2) is 0 Å². The van der Waals surface area contributed by atoms with Gasteiger partial charge in [-0.1, -0.05) is 0 Å². The Balaban J connectivity index is 2.07. The minimum atomic E-state index is -2.87. The molecular weight excluding hydrogens is 340 g/mol. The van der Waals surface area contributed by atoms with Gasteiger partial charge in [-0.2, -0.15) is 8.78 Å². The van der Waals surface area contributed by atoms with Gasteiger partial charge in [0, 0.05) is 18.5 Å². The molecule has 8 heteroatoms. The SMILES string of the molecule is CN(CCC(=O)O)C(=O)c1ccc(-c2ccc(OC(F)F)cc2)s1. The maximum absolute atomic E-state index is 12.2. The summed E-state index contributed by atoms with van der Waals surface area (Å²) in [6, 6.07) is 9.54. The van der Waals surface area contributed by atoms with Gasteiger partial charge in [0.05, 0.1) is 11.3 Å². The molecule has 0 radical (unpaired) electrons. The summed E-state index contributed by atoms with van der Waals surface area (Å²) in [5, 5.41) is 8.65. The number of carboxylic acid groups (broad SMARTS) is 1. The Kier molecular flexibility index (Phi) is 5.86. The van der Waals surface area contributed by atoms with Crippen LogP contribution in [0.2, 0.25) is 0 Å². The van der Waals surface area contributed by atoms with Crippen LogP contribution in [0.25, 0.3) is 10.4 Å². The Hall–Kier alpha value is -2.48. The number of carboxylic acids is 1. The first-order chi connectivity index (χ1) is 11.4. The van der Waals surface area contributed by atoms with Gasteiger partial charge in [0.25, 0.3) is 5.91 Å². The summed E-state index contributed by atoms with van der Waals surface area (Å²) in [6.45, 7) is -2.75. The highest BCUT2D eigenvalue weighted by Gasteiger charge is 2.15. The second kappa shape index (κ2) is 7.87. The lowest BCUT2D eigenvalue weighted by Crippen LogP contribution is -2.28. The first-order valence-corrected chi connectivity index (χ1v) is 7.81. The summed E-state index contributed by atoms with van der Waals surface area (Å²) < 4.78 is 28.5. The number of carbonyl (C=O) groups is 2. The summed E-state index contributed by atoms with van der Waals surface area (Å²) >= 11 is 1.25. The first kappa shape index (κ1) is 17.9. The van der Waals surface area contributed by atoms with Gasteiger partial charge in [-0.3, -0.25) is 9.59 Å². The Morgan fingerprint density at radius 3 is 2.46 bits per heavy atom. The molecule has 128 valence electrons. The molecule has 2 rings (SSSR count). The molecule has 0 spiro atoms. The van der Waals surface area contributed by atoms with E-state index in [9.17, 15) is 18.4 Å². The molecule has 0 atom stereocenters. The van der Waals surface area contributed by atoms with Crippen LogP contribution < -0.4 is 4.74 Å². The number of thiophene rings is 1. The van der Waals surface area contributed by atoms with Gasteiger partial charge in [-0.05, 0) is 42.0 Å². The van der Waals surface area contributed by atoms with E-state index in [0.29, 0.717) is 4.88 Å². The third kappa shape index (κ3) is 4.76. The van der Waals surface area contributed by atoms with Crippen molar-refractivity contribution < 1.29 is 28.2 Å². The number of hydrogen-bond acceptors (Lipinski definition) is 4. The van der Waals surface area contributed by atoms with Crippen molar-refractivity contribution >= 4 is 23.2 Å². The van der Waals surface area contributed by atoms with Crippen molar-refractivity contribution in [1.82, 2.24) is 4.90 Å². The molecule has 0 aliphatic heterocycles. The van der Waals surface area contributed by atoms with Crippen LogP contribution in [0.5, 0.6) is 5.75 Å². The number of benzene rings is 1. The standard InChI is InChI=1S/C16H15F2NO4S/c1-19(9-8-14(20)21)15(22)13-7-6-12(24-13)10-2-4-11(5-3-10)23-16(17)18/h2-7,16H,8-9H2,1H3,(H,20,21). The van der Waals surface area contributed by atoms with Crippen LogP contribution in [-0.2, 0) is 4.79 Å². The molecule has 1 heterocycles. The summed E-state index contributed by atoms with van der Waals surface area (Å²) in [5.41, 5.74) is 0.772. The average molecular weight is 355 g/mol. The van der Waals surface area contributed by atoms with Crippen molar-refractivity contribution in [2.75, 3.05) is 13.6 Å². The second-order valence-corrected chi connectivity index (χ2v) is 6.02. The second-order valence-electron chi connectivity index (χ2n) is 4.94. The number of carbonyl (C=O) groups excluding carboxylic acids is 1. The number of ether oxygens (including phenoxy) is 1. The molecule has 0 saturated carbocycles. The number of rotatable bonds is 7. The largest absolute Gasteiger partial charge is 0.481 e. The average Bonchev–Trinajstić information content (AvgIpc) is 3.01. The van der Waals surface area contributed by atoms with Crippen LogP contribution in [-0.4, -0.2) is 42.1 Å². The number of nitrogens with zero attached hydrogens (tertiary/aromatic N) is 1. The number of aliphatic carboxylic acids is 1. The van der Waals surface area contributed by atoms with Crippen LogP contribution in [0.1, 0.15) is 16.1 Å². The van der Waals surface area contributed by atoms with Crippen molar-refractivity contribution in [3.8, 4) is 16.2 Å². The molecule has 2 aromatic rings. The molecule has 5 nitrogen and oxygen atoms in total. The maximum atomic E-state index is 12.2. The lowest BCUT2D eigenvalue weighted by atomic mass is 10.2. The number of halogens is 2. The van der Waals surface area contributed by atoms with E-state index in [1.54, 1.807) is 31.3 Å². The summed E-state index contributed by atoms with van der Waals surface area (Å²) in [7, 11) is 1.54. The molecule has 0 bridgehead atoms. The van der Waals surface area contributed by atoms with Crippen molar-refractivity contribution in [2.24, 2.45) is 0 Å². The third-order valence-corrected chi connectivity index (χ3v) is 4.31. The monoisotopic (exact) mass is 355 g/mol. The highest BCUT2D eigenvalue weighted by atomic mass is 32.1. The molecule has 1 aromatic carbocycles.